The molecule has 5 heteroatoms. The number of para-hydroxylation sites is 1. The van der Waals surface area contributed by atoms with Gasteiger partial charge in [-0.25, -0.2) is 0 Å². The molecule has 118 valence electrons. The largest absolute Gasteiger partial charge is 0.327 e. The van der Waals surface area contributed by atoms with Crippen molar-refractivity contribution in [1.29, 1.82) is 0 Å². The maximum absolute atomic E-state index is 12.0. The molecule has 0 aromatic heterocycles. The van der Waals surface area contributed by atoms with E-state index in [1.54, 1.807) is 0 Å². The number of amides is 1. The van der Waals surface area contributed by atoms with Gasteiger partial charge in [0.1, 0.15) is 0 Å². The van der Waals surface area contributed by atoms with Gasteiger partial charge in [0.2, 0.25) is 5.91 Å². The smallest absolute Gasteiger partial charge is 0.225 e. The molecule has 0 bridgehead atoms. The lowest BCUT2D eigenvalue weighted by Gasteiger charge is -2.37. The Kier molecular flexibility index (Phi) is 7.72. The van der Waals surface area contributed by atoms with E-state index in [0.717, 1.165) is 25.2 Å². The summed E-state index contributed by atoms with van der Waals surface area (Å²) in [5, 5.41) is 2.93. The van der Waals surface area contributed by atoms with Crippen LogP contribution in [0.4, 0.5) is 5.69 Å². The molecule has 1 aliphatic rings. The number of benzene rings is 1. The first-order valence-electron chi connectivity index (χ1n) is 7.51. The van der Waals surface area contributed by atoms with Crippen molar-refractivity contribution < 1.29 is 4.79 Å². The van der Waals surface area contributed by atoms with Crippen molar-refractivity contribution >= 4 is 24.0 Å². The van der Waals surface area contributed by atoms with Crippen molar-refractivity contribution in [1.82, 2.24) is 4.90 Å². The first-order valence-corrected chi connectivity index (χ1v) is 7.51. The number of likely N-dealkylation sites (tertiary alicyclic amines) is 1. The second-order valence-corrected chi connectivity index (χ2v) is 5.62. The van der Waals surface area contributed by atoms with Crippen LogP contribution in [0.15, 0.2) is 30.3 Å². The van der Waals surface area contributed by atoms with Crippen LogP contribution in [-0.2, 0) is 4.79 Å². The van der Waals surface area contributed by atoms with Crippen LogP contribution in [-0.4, -0.2) is 36.0 Å². The normalized spacial score (nSPS) is 20.4. The molecule has 0 saturated carbocycles. The summed E-state index contributed by atoms with van der Waals surface area (Å²) in [7, 11) is 0. The van der Waals surface area contributed by atoms with Gasteiger partial charge in [-0.3, -0.25) is 9.69 Å². The molecule has 1 heterocycles. The molecule has 2 rings (SSSR count). The van der Waals surface area contributed by atoms with Crippen LogP contribution in [0.3, 0.4) is 0 Å². The fourth-order valence-corrected chi connectivity index (χ4v) is 2.88. The van der Waals surface area contributed by atoms with Gasteiger partial charge < -0.3 is 11.1 Å². The van der Waals surface area contributed by atoms with Crippen molar-refractivity contribution in [3.63, 3.8) is 0 Å². The fraction of sp³-hybridized carbons (Fsp3) is 0.562. The zero-order valence-corrected chi connectivity index (χ0v) is 13.4. The highest BCUT2D eigenvalue weighted by molar-refractivity contribution is 5.90. The van der Waals surface area contributed by atoms with Crippen LogP contribution in [0.2, 0.25) is 0 Å². The van der Waals surface area contributed by atoms with Crippen LogP contribution in [0.1, 0.15) is 32.6 Å². The van der Waals surface area contributed by atoms with Gasteiger partial charge in [-0.05, 0) is 38.4 Å². The van der Waals surface area contributed by atoms with E-state index in [2.05, 4.69) is 17.1 Å². The summed E-state index contributed by atoms with van der Waals surface area (Å²) in [4.78, 5) is 14.3. The number of nitrogens with zero attached hydrogens (tertiary/aromatic N) is 1. The van der Waals surface area contributed by atoms with Gasteiger partial charge in [-0.2, -0.15) is 0 Å². The highest BCUT2D eigenvalue weighted by atomic mass is 35.5. The standard InChI is InChI=1S/C16H25N3O.ClH/c1-13(17)15-9-5-6-11-19(15)12-10-16(20)18-14-7-3-2-4-8-14;/h2-4,7-8,13,15H,5-6,9-12,17H2,1H3,(H,18,20);1H. The van der Waals surface area contributed by atoms with Crippen molar-refractivity contribution in [3.8, 4) is 0 Å². The molecule has 3 N–H and O–H groups in total. The van der Waals surface area contributed by atoms with E-state index >= 15 is 0 Å². The monoisotopic (exact) mass is 311 g/mol. The van der Waals surface area contributed by atoms with E-state index in [4.69, 9.17) is 5.73 Å². The summed E-state index contributed by atoms with van der Waals surface area (Å²) in [5.41, 5.74) is 6.91. The Balaban J connectivity index is 0.00000220. The van der Waals surface area contributed by atoms with Gasteiger partial charge in [0.05, 0.1) is 0 Å². The van der Waals surface area contributed by atoms with Gasteiger partial charge in [-0.1, -0.05) is 24.6 Å². The molecule has 1 amide bonds. The lowest BCUT2D eigenvalue weighted by Crippen LogP contribution is -2.49. The Hall–Kier alpha value is -1.10. The second-order valence-electron chi connectivity index (χ2n) is 5.62. The van der Waals surface area contributed by atoms with E-state index in [0.29, 0.717) is 12.5 Å². The van der Waals surface area contributed by atoms with E-state index in [1.807, 2.05) is 30.3 Å². The average molecular weight is 312 g/mol. The summed E-state index contributed by atoms with van der Waals surface area (Å²) >= 11 is 0. The van der Waals surface area contributed by atoms with Crippen LogP contribution in [0.5, 0.6) is 0 Å². The SMILES string of the molecule is CC(N)C1CCCCN1CCC(=O)Nc1ccccc1.Cl. The Bertz CT molecular complexity index is 425. The van der Waals surface area contributed by atoms with E-state index in [1.165, 1.54) is 12.8 Å². The topological polar surface area (TPSA) is 58.4 Å². The van der Waals surface area contributed by atoms with Gasteiger partial charge in [0.15, 0.2) is 0 Å². The molecular formula is C16H26ClN3O. The molecule has 4 nitrogen and oxygen atoms in total. The molecule has 1 fully saturated rings. The van der Waals surface area contributed by atoms with Gasteiger partial charge in [-0.15, -0.1) is 12.4 Å². The molecule has 2 unspecified atom stereocenters. The Labute approximate surface area is 133 Å². The summed E-state index contributed by atoms with van der Waals surface area (Å²) < 4.78 is 0. The third-order valence-electron chi connectivity index (χ3n) is 3.95. The number of hydrogen-bond acceptors (Lipinski definition) is 3. The molecule has 1 aromatic carbocycles. The molecule has 21 heavy (non-hydrogen) atoms. The van der Waals surface area contributed by atoms with Gasteiger partial charge in [0, 0.05) is 30.7 Å². The highest BCUT2D eigenvalue weighted by Gasteiger charge is 2.25. The Morgan fingerprint density at radius 3 is 2.76 bits per heavy atom. The van der Waals surface area contributed by atoms with Gasteiger partial charge >= 0.3 is 0 Å². The number of piperidine rings is 1. The number of halogens is 1. The minimum absolute atomic E-state index is 0. The maximum Gasteiger partial charge on any atom is 0.225 e. The minimum atomic E-state index is 0. The van der Waals surface area contributed by atoms with Crippen LogP contribution >= 0.6 is 12.4 Å². The predicted molar refractivity (Wildman–Crippen MR) is 89.8 cm³/mol. The minimum Gasteiger partial charge on any atom is -0.327 e. The maximum atomic E-state index is 12.0. The van der Waals surface area contributed by atoms with E-state index in [-0.39, 0.29) is 24.4 Å². The molecule has 0 radical (unpaired) electrons. The fourth-order valence-electron chi connectivity index (χ4n) is 2.88. The molecule has 0 spiro atoms. The lowest BCUT2D eigenvalue weighted by atomic mass is 9.97. The number of nitrogens with one attached hydrogen (secondary N) is 1. The number of nitrogens with two attached hydrogens (primary N) is 1. The average Bonchev–Trinajstić information content (AvgIpc) is 2.46. The highest BCUT2D eigenvalue weighted by Crippen LogP contribution is 2.19. The van der Waals surface area contributed by atoms with Crippen molar-refractivity contribution in [2.45, 2.75) is 44.7 Å². The molecular weight excluding hydrogens is 286 g/mol. The number of anilines is 1. The molecule has 2 atom stereocenters. The number of rotatable bonds is 5. The summed E-state index contributed by atoms with van der Waals surface area (Å²) in [6, 6.07) is 10.2. The van der Waals surface area contributed by atoms with E-state index in [9.17, 15) is 4.79 Å². The predicted octanol–water partition coefficient (Wildman–Crippen LogP) is 2.64. The van der Waals surface area contributed by atoms with Crippen molar-refractivity contribution in [3.05, 3.63) is 30.3 Å². The molecule has 0 aliphatic carbocycles. The summed E-state index contributed by atoms with van der Waals surface area (Å²) in [6.45, 7) is 3.92. The zero-order valence-electron chi connectivity index (χ0n) is 12.6. The third kappa shape index (κ3) is 5.65. The van der Waals surface area contributed by atoms with Crippen LogP contribution < -0.4 is 11.1 Å². The first kappa shape index (κ1) is 18.0. The molecule has 1 saturated heterocycles. The third-order valence-corrected chi connectivity index (χ3v) is 3.95. The number of hydrogen-bond donors (Lipinski definition) is 2. The first-order chi connectivity index (χ1) is 9.66. The van der Waals surface area contributed by atoms with Crippen molar-refractivity contribution in [2.75, 3.05) is 18.4 Å². The molecule has 1 aliphatic heterocycles. The summed E-state index contributed by atoms with van der Waals surface area (Å²) in [6.07, 6.45) is 4.14. The molecule has 1 aromatic rings. The Morgan fingerprint density at radius 2 is 2.10 bits per heavy atom. The van der Waals surface area contributed by atoms with Crippen molar-refractivity contribution in [2.24, 2.45) is 5.73 Å². The Morgan fingerprint density at radius 1 is 1.38 bits per heavy atom. The van der Waals surface area contributed by atoms with E-state index < -0.39 is 0 Å². The zero-order chi connectivity index (χ0) is 14.4. The second kappa shape index (κ2) is 9.03. The number of carbonyl (C=O) groups excluding carboxylic acids is 1. The lowest BCUT2D eigenvalue weighted by molar-refractivity contribution is -0.116. The number of carbonyl (C=O) groups is 1. The van der Waals surface area contributed by atoms with Gasteiger partial charge in [0.25, 0.3) is 0 Å². The van der Waals surface area contributed by atoms with Crippen LogP contribution in [0.25, 0.3) is 0 Å². The van der Waals surface area contributed by atoms with Crippen LogP contribution in [0, 0.1) is 0 Å². The summed E-state index contributed by atoms with van der Waals surface area (Å²) in [5.74, 6) is 0.0743. The quantitative estimate of drug-likeness (QED) is 0.879.